The number of aromatic amines is 1. The van der Waals surface area contributed by atoms with Crippen molar-refractivity contribution in [3.8, 4) is 0 Å². The third kappa shape index (κ3) is 2.27. The monoisotopic (exact) mass is 285 g/mol. The van der Waals surface area contributed by atoms with Crippen LogP contribution in [0.2, 0.25) is 0 Å². The molecule has 0 aromatic carbocycles. The number of aromatic nitrogens is 2. The first-order chi connectivity index (χ1) is 9.19. The zero-order chi connectivity index (χ0) is 13.4. The molecule has 1 aromatic rings. The molecule has 8 nitrogen and oxygen atoms in total. The maximum atomic E-state index is 11.7. The molecule has 0 amide bonds. The lowest BCUT2D eigenvalue weighted by Crippen LogP contribution is -2.36. The molecule has 0 radical (unpaired) electrons. The first-order valence-corrected chi connectivity index (χ1v) is 6.53. The van der Waals surface area contributed by atoms with Gasteiger partial charge < -0.3 is 25.2 Å². The average Bonchev–Trinajstić information content (AvgIpc) is 2.95. The van der Waals surface area contributed by atoms with Crippen molar-refractivity contribution >= 4 is 26.9 Å². The van der Waals surface area contributed by atoms with E-state index in [-0.39, 0.29) is 23.8 Å². The highest BCUT2D eigenvalue weighted by molar-refractivity contribution is 7.09. The number of ether oxygens (including phenoxy) is 1. The molecule has 3 rings (SSSR count). The second kappa shape index (κ2) is 4.96. The predicted octanol–water partition coefficient (Wildman–Crippen LogP) is -0.147. The van der Waals surface area contributed by atoms with Gasteiger partial charge in [0.05, 0.1) is 19.4 Å². The molecule has 0 bridgehead atoms. The van der Waals surface area contributed by atoms with Crippen molar-refractivity contribution in [2.45, 2.75) is 25.2 Å². The van der Waals surface area contributed by atoms with Crippen LogP contribution in [-0.4, -0.2) is 35.6 Å². The number of hydrogen-bond donors (Lipinski definition) is 3. The van der Waals surface area contributed by atoms with Crippen molar-refractivity contribution in [3.63, 3.8) is 0 Å². The Bertz CT molecular complexity index is 536. The maximum Gasteiger partial charge on any atom is 0.277 e. The molecule has 2 aliphatic rings. The summed E-state index contributed by atoms with van der Waals surface area (Å²) in [4.78, 5) is 20.3. The molecule has 0 spiro atoms. The second-order valence-electron chi connectivity index (χ2n) is 4.58. The summed E-state index contributed by atoms with van der Waals surface area (Å²) in [5, 5.41) is 3.02. The van der Waals surface area contributed by atoms with Gasteiger partial charge in [-0.1, -0.05) is 0 Å². The molecule has 2 unspecified atom stereocenters. The zero-order valence-electron chi connectivity index (χ0n) is 10.3. The molecule has 0 saturated carbocycles. The van der Waals surface area contributed by atoms with Crippen molar-refractivity contribution in [1.82, 2.24) is 9.97 Å². The van der Waals surface area contributed by atoms with Gasteiger partial charge >= 0.3 is 0 Å². The molecular formula is C10H16N5O3P. The summed E-state index contributed by atoms with van der Waals surface area (Å²) in [6.45, 7) is 1.04. The largest absolute Gasteiger partial charge is 0.369 e. The molecule has 1 fully saturated rings. The Hall–Kier alpha value is -1.37. The van der Waals surface area contributed by atoms with Crippen LogP contribution >= 0.6 is 9.47 Å². The number of nitrogens with one attached hydrogen (secondary N) is 2. The topological polar surface area (TPSA) is 106 Å². The summed E-state index contributed by atoms with van der Waals surface area (Å²) in [5.41, 5.74) is 5.77. The van der Waals surface area contributed by atoms with E-state index in [0.29, 0.717) is 24.8 Å². The van der Waals surface area contributed by atoms with Crippen molar-refractivity contribution < 1.29 is 9.26 Å². The molecule has 9 heteroatoms. The highest BCUT2D eigenvalue weighted by Crippen LogP contribution is 2.33. The molecule has 19 heavy (non-hydrogen) atoms. The quantitative estimate of drug-likeness (QED) is 0.663. The van der Waals surface area contributed by atoms with Gasteiger partial charge in [0, 0.05) is 9.47 Å². The smallest absolute Gasteiger partial charge is 0.277 e. The third-order valence-corrected chi connectivity index (χ3v) is 3.52. The van der Waals surface area contributed by atoms with Gasteiger partial charge in [0.15, 0.2) is 5.82 Å². The van der Waals surface area contributed by atoms with E-state index in [2.05, 4.69) is 24.8 Å². The number of anilines is 3. The van der Waals surface area contributed by atoms with Gasteiger partial charge in [-0.25, -0.2) is 0 Å². The number of hydrogen-bond acceptors (Lipinski definition) is 7. The fourth-order valence-electron chi connectivity index (χ4n) is 2.47. The highest BCUT2D eigenvalue weighted by atomic mass is 31.0. The van der Waals surface area contributed by atoms with E-state index in [9.17, 15) is 4.79 Å². The van der Waals surface area contributed by atoms with Gasteiger partial charge in [-0.05, 0) is 12.8 Å². The number of rotatable bonds is 3. The normalized spacial score (nSPS) is 25.4. The Morgan fingerprint density at radius 3 is 3.21 bits per heavy atom. The van der Waals surface area contributed by atoms with Crippen LogP contribution in [0.1, 0.15) is 12.8 Å². The summed E-state index contributed by atoms with van der Waals surface area (Å²) in [6.07, 6.45) is 1.76. The minimum absolute atomic E-state index is 0.0749. The van der Waals surface area contributed by atoms with E-state index in [1.165, 1.54) is 0 Å². The van der Waals surface area contributed by atoms with E-state index in [4.69, 9.17) is 15.0 Å². The lowest BCUT2D eigenvalue weighted by atomic mass is 10.2. The van der Waals surface area contributed by atoms with Gasteiger partial charge in [-0.15, -0.1) is 0 Å². The van der Waals surface area contributed by atoms with Gasteiger partial charge in [0.2, 0.25) is 5.95 Å². The van der Waals surface area contributed by atoms with Crippen LogP contribution in [-0.2, 0) is 9.26 Å². The van der Waals surface area contributed by atoms with Crippen molar-refractivity contribution in [1.29, 1.82) is 0 Å². The summed E-state index contributed by atoms with van der Waals surface area (Å²) < 4.78 is 10.9. The Morgan fingerprint density at radius 1 is 1.58 bits per heavy atom. The fourth-order valence-corrected chi connectivity index (χ4v) is 2.68. The summed E-state index contributed by atoms with van der Waals surface area (Å²) in [5.74, 6) is 0.666. The molecule has 4 N–H and O–H groups in total. The van der Waals surface area contributed by atoms with Crippen LogP contribution in [0.5, 0.6) is 0 Å². The van der Waals surface area contributed by atoms with Crippen LogP contribution < -0.4 is 21.5 Å². The van der Waals surface area contributed by atoms with E-state index in [1.807, 2.05) is 4.90 Å². The Labute approximate surface area is 112 Å². The molecule has 1 aromatic heterocycles. The Morgan fingerprint density at radius 2 is 2.42 bits per heavy atom. The summed E-state index contributed by atoms with van der Waals surface area (Å²) in [6, 6.07) is 0. The predicted molar refractivity (Wildman–Crippen MR) is 73.8 cm³/mol. The van der Waals surface area contributed by atoms with E-state index in [0.717, 1.165) is 12.8 Å². The van der Waals surface area contributed by atoms with E-state index >= 15 is 0 Å². The first-order valence-electron chi connectivity index (χ1n) is 6.06. The van der Waals surface area contributed by atoms with Crippen LogP contribution in [0.3, 0.4) is 0 Å². The minimum atomic E-state index is -0.257. The van der Waals surface area contributed by atoms with Crippen LogP contribution in [0.15, 0.2) is 4.79 Å². The number of nitrogen functional groups attached to an aromatic ring is 1. The minimum Gasteiger partial charge on any atom is -0.369 e. The molecule has 3 atom stereocenters. The van der Waals surface area contributed by atoms with Crippen molar-refractivity contribution in [2.24, 2.45) is 0 Å². The lowest BCUT2D eigenvalue weighted by Gasteiger charge is -2.24. The number of nitrogens with zero attached hydrogens (tertiary/aromatic N) is 2. The molecule has 3 heterocycles. The second-order valence-corrected chi connectivity index (χ2v) is 4.91. The standard InChI is InChI=1S/C10H16N5O3P/c11-10-13-8-7(9(16)14-10)12-4-15(8)6-2-1-5(18-6)3-17-19/h5-6,12H,1-4,19H2,(H3,11,13,14,16)/t5?,6-/m1/s1. The number of H-pyrrole nitrogens is 1. The van der Waals surface area contributed by atoms with Gasteiger partial charge in [-0.2, -0.15) is 4.98 Å². The zero-order valence-corrected chi connectivity index (χ0v) is 11.4. The van der Waals surface area contributed by atoms with Gasteiger partial charge in [0.1, 0.15) is 11.9 Å². The molecular weight excluding hydrogens is 269 g/mol. The molecule has 2 aliphatic heterocycles. The van der Waals surface area contributed by atoms with Crippen molar-refractivity contribution in [2.75, 3.05) is 29.2 Å². The molecule has 104 valence electrons. The van der Waals surface area contributed by atoms with E-state index in [1.54, 1.807) is 0 Å². The van der Waals surface area contributed by atoms with Gasteiger partial charge in [-0.3, -0.25) is 9.78 Å². The third-order valence-electron chi connectivity index (χ3n) is 3.33. The van der Waals surface area contributed by atoms with Gasteiger partial charge in [0.25, 0.3) is 5.56 Å². The lowest BCUT2D eigenvalue weighted by molar-refractivity contribution is 0.0215. The Kier molecular flexibility index (Phi) is 3.30. The summed E-state index contributed by atoms with van der Waals surface area (Å²) >= 11 is 0. The SMILES string of the molecule is Nc1nc2c(c(=O)[nH]1)NCN2[C@H]1CCC(COP)O1. The Balaban J connectivity index is 1.81. The first kappa shape index (κ1) is 12.7. The maximum absolute atomic E-state index is 11.7. The highest BCUT2D eigenvalue weighted by Gasteiger charge is 2.35. The number of fused-ring (bicyclic) bond motifs is 1. The molecule has 0 aliphatic carbocycles. The van der Waals surface area contributed by atoms with E-state index < -0.39 is 0 Å². The van der Waals surface area contributed by atoms with Crippen LogP contribution in [0, 0.1) is 0 Å². The fraction of sp³-hybridized carbons (Fsp3) is 0.600. The summed E-state index contributed by atoms with van der Waals surface area (Å²) in [7, 11) is 2.22. The van der Waals surface area contributed by atoms with Crippen LogP contribution in [0.25, 0.3) is 0 Å². The van der Waals surface area contributed by atoms with Crippen LogP contribution in [0.4, 0.5) is 17.5 Å². The number of nitrogens with two attached hydrogens (primary N) is 1. The molecule has 1 saturated heterocycles. The average molecular weight is 285 g/mol. The van der Waals surface area contributed by atoms with Crippen molar-refractivity contribution in [3.05, 3.63) is 10.4 Å².